The van der Waals surface area contributed by atoms with E-state index < -0.39 is 5.97 Å². The molecule has 0 unspecified atom stereocenters. The SMILES string of the molecule is CC(C)(C)c1c2nc(NCC(=O)O)sc2cc2sc(NCC(=O)N3CCCC3)nc12. The normalized spacial score (nSPS) is 14.6. The number of anilines is 2. The van der Waals surface area contributed by atoms with Crippen LogP contribution in [0.4, 0.5) is 10.3 Å². The van der Waals surface area contributed by atoms with E-state index in [-0.39, 0.29) is 24.4 Å². The molecular formula is C20H25N5O3S2. The van der Waals surface area contributed by atoms with Crippen LogP contribution in [0.15, 0.2) is 6.07 Å². The molecular weight excluding hydrogens is 422 g/mol. The summed E-state index contributed by atoms with van der Waals surface area (Å²) < 4.78 is 2.01. The van der Waals surface area contributed by atoms with Crippen LogP contribution in [0.3, 0.4) is 0 Å². The monoisotopic (exact) mass is 447 g/mol. The lowest BCUT2D eigenvalue weighted by Gasteiger charge is -2.20. The molecule has 160 valence electrons. The number of aromatic nitrogens is 2. The van der Waals surface area contributed by atoms with Gasteiger partial charge < -0.3 is 20.6 Å². The van der Waals surface area contributed by atoms with Crippen LogP contribution in [-0.2, 0) is 15.0 Å². The number of rotatable bonds is 6. The topological polar surface area (TPSA) is 107 Å². The summed E-state index contributed by atoms with van der Waals surface area (Å²) in [4.78, 5) is 34.6. The maximum absolute atomic E-state index is 12.3. The number of benzene rings is 1. The number of carbonyl (C=O) groups excluding carboxylic acids is 1. The summed E-state index contributed by atoms with van der Waals surface area (Å²) in [6.45, 7) is 8.12. The predicted molar refractivity (Wildman–Crippen MR) is 122 cm³/mol. The van der Waals surface area contributed by atoms with Gasteiger partial charge in [0, 0.05) is 18.7 Å². The van der Waals surface area contributed by atoms with E-state index in [2.05, 4.69) is 42.5 Å². The van der Waals surface area contributed by atoms with Gasteiger partial charge in [0.2, 0.25) is 5.91 Å². The molecule has 1 aliphatic rings. The summed E-state index contributed by atoms with van der Waals surface area (Å²) in [6.07, 6.45) is 2.16. The van der Waals surface area contributed by atoms with Crippen molar-refractivity contribution in [2.24, 2.45) is 0 Å². The zero-order chi connectivity index (χ0) is 21.5. The molecule has 1 amide bonds. The number of aliphatic carboxylic acids is 1. The summed E-state index contributed by atoms with van der Waals surface area (Å²) >= 11 is 2.97. The molecule has 3 heterocycles. The Bertz CT molecular complexity index is 1110. The molecule has 1 aliphatic heterocycles. The van der Waals surface area contributed by atoms with Crippen molar-refractivity contribution in [3.63, 3.8) is 0 Å². The zero-order valence-electron chi connectivity index (χ0n) is 17.2. The maximum atomic E-state index is 12.3. The van der Waals surface area contributed by atoms with Gasteiger partial charge >= 0.3 is 5.97 Å². The van der Waals surface area contributed by atoms with Crippen LogP contribution in [0.1, 0.15) is 39.2 Å². The lowest BCUT2D eigenvalue weighted by atomic mass is 9.85. The summed E-state index contributed by atoms with van der Waals surface area (Å²) in [7, 11) is 0. The Labute approximate surface area is 182 Å². The average molecular weight is 448 g/mol. The first-order valence-electron chi connectivity index (χ1n) is 9.94. The predicted octanol–water partition coefficient (Wildman–Crippen LogP) is 3.73. The Morgan fingerprint density at radius 2 is 1.57 bits per heavy atom. The lowest BCUT2D eigenvalue weighted by molar-refractivity contribution is -0.135. The third-order valence-electron chi connectivity index (χ3n) is 5.03. The molecule has 2 aromatic heterocycles. The van der Waals surface area contributed by atoms with Crippen LogP contribution in [0.5, 0.6) is 0 Å². The van der Waals surface area contributed by atoms with E-state index in [1.165, 1.54) is 22.7 Å². The molecule has 0 spiro atoms. The van der Waals surface area contributed by atoms with Gasteiger partial charge in [0.1, 0.15) is 6.54 Å². The second kappa shape index (κ2) is 7.99. The minimum atomic E-state index is -0.924. The number of amides is 1. The molecule has 3 aromatic rings. The summed E-state index contributed by atoms with van der Waals surface area (Å²) in [5, 5.41) is 16.3. The smallest absolute Gasteiger partial charge is 0.322 e. The number of carboxylic acids is 1. The first-order chi connectivity index (χ1) is 14.2. The highest BCUT2D eigenvalue weighted by atomic mass is 32.1. The van der Waals surface area contributed by atoms with Gasteiger partial charge in [-0.05, 0) is 24.3 Å². The van der Waals surface area contributed by atoms with Gasteiger partial charge in [-0.1, -0.05) is 43.4 Å². The third-order valence-corrected chi connectivity index (χ3v) is 6.95. The molecule has 4 rings (SSSR count). The number of thiazole rings is 2. The summed E-state index contributed by atoms with van der Waals surface area (Å²) in [5.74, 6) is -0.813. The van der Waals surface area contributed by atoms with Crippen LogP contribution < -0.4 is 10.6 Å². The highest BCUT2D eigenvalue weighted by molar-refractivity contribution is 7.24. The van der Waals surface area contributed by atoms with E-state index in [1.807, 2.05) is 4.90 Å². The second-order valence-corrected chi connectivity index (χ2v) is 10.5. The van der Waals surface area contributed by atoms with E-state index in [9.17, 15) is 9.59 Å². The van der Waals surface area contributed by atoms with Crippen LogP contribution in [0.2, 0.25) is 0 Å². The molecule has 1 aromatic carbocycles. The van der Waals surface area contributed by atoms with Gasteiger partial charge in [0.15, 0.2) is 10.3 Å². The van der Waals surface area contributed by atoms with E-state index in [0.29, 0.717) is 5.13 Å². The van der Waals surface area contributed by atoms with Crippen molar-refractivity contribution in [1.82, 2.24) is 14.9 Å². The van der Waals surface area contributed by atoms with Crippen molar-refractivity contribution < 1.29 is 14.7 Å². The number of carboxylic acid groups (broad SMARTS) is 1. The van der Waals surface area contributed by atoms with Crippen molar-refractivity contribution in [1.29, 1.82) is 0 Å². The van der Waals surface area contributed by atoms with Gasteiger partial charge in [-0.2, -0.15) is 0 Å². The number of likely N-dealkylation sites (tertiary alicyclic amines) is 1. The standard InChI is InChI=1S/C20H25N5O3S2/c1-20(2,3)15-16-11(8-12-17(15)24-19(30-12)22-10-14(27)28)29-18(23-16)21-9-13(26)25-6-4-5-7-25/h8H,4-7,9-10H2,1-3H3,(H,21,23)(H,22,24)(H,27,28). The fraction of sp³-hybridized carbons (Fsp3) is 0.500. The highest BCUT2D eigenvalue weighted by Crippen LogP contribution is 2.42. The average Bonchev–Trinajstić information content (AvgIpc) is 3.39. The van der Waals surface area contributed by atoms with Crippen LogP contribution >= 0.6 is 22.7 Å². The Balaban J connectivity index is 1.66. The van der Waals surface area contributed by atoms with Gasteiger partial charge in [0.25, 0.3) is 0 Å². The van der Waals surface area contributed by atoms with Gasteiger partial charge in [-0.15, -0.1) is 0 Å². The van der Waals surface area contributed by atoms with Crippen LogP contribution in [0.25, 0.3) is 20.4 Å². The van der Waals surface area contributed by atoms with E-state index in [0.717, 1.165) is 57.1 Å². The molecule has 1 fully saturated rings. The Morgan fingerprint density at radius 3 is 2.07 bits per heavy atom. The van der Waals surface area contributed by atoms with Crippen molar-refractivity contribution >= 4 is 65.2 Å². The Kier molecular flexibility index (Phi) is 5.54. The molecule has 10 heteroatoms. The number of fused-ring (bicyclic) bond motifs is 2. The van der Waals surface area contributed by atoms with Crippen molar-refractivity contribution in [2.75, 3.05) is 36.8 Å². The Hall–Kier alpha value is -2.46. The van der Waals surface area contributed by atoms with E-state index in [4.69, 9.17) is 10.1 Å². The van der Waals surface area contributed by atoms with Gasteiger partial charge in [-0.3, -0.25) is 9.59 Å². The van der Waals surface area contributed by atoms with Crippen molar-refractivity contribution in [3.05, 3.63) is 11.6 Å². The first kappa shape index (κ1) is 20.8. The minimum absolute atomic E-state index is 0.111. The Morgan fingerprint density at radius 1 is 1.03 bits per heavy atom. The maximum Gasteiger partial charge on any atom is 0.322 e. The summed E-state index contributed by atoms with van der Waals surface area (Å²) in [6, 6.07) is 2.05. The highest BCUT2D eigenvalue weighted by Gasteiger charge is 2.26. The first-order valence-corrected chi connectivity index (χ1v) is 11.6. The van der Waals surface area contributed by atoms with Crippen molar-refractivity contribution in [3.8, 4) is 0 Å². The molecule has 0 aliphatic carbocycles. The molecule has 0 atom stereocenters. The molecule has 30 heavy (non-hydrogen) atoms. The third kappa shape index (κ3) is 4.20. The van der Waals surface area contributed by atoms with E-state index in [1.54, 1.807) is 0 Å². The minimum Gasteiger partial charge on any atom is -0.480 e. The number of hydrogen-bond donors (Lipinski definition) is 3. The molecule has 0 radical (unpaired) electrons. The largest absolute Gasteiger partial charge is 0.480 e. The van der Waals surface area contributed by atoms with Crippen molar-refractivity contribution in [2.45, 2.75) is 39.0 Å². The fourth-order valence-corrected chi connectivity index (χ4v) is 5.59. The number of nitrogens with zero attached hydrogens (tertiary/aromatic N) is 3. The molecule has 0 bridgehead atoms. The van der Waals surface area contributed by atoms with Crippen LogP contribution in [-0.4, -0.2) is 58.0 Å². The fourth-order valence-electron chi connectivity index (χ4n) is 3.69. The van der Waals surface area contributed by atoms with Gasteiger partial charge in [-0.25, -0.2) is 9.97 Å². The number of nitrogens with one attached hydrogen (secondary N) is 2. The van der Waals surface area contributed by atoms with Gasteiger partial charge in [0.05, 0.1) is 27.0 Å². The summed E-state index contributed by atoms with van der Waals surface area (Å²) in [5.41, 5.74) is 2.56. The molecule has 0 saturated carbocycles. The molecule has 8 nitrogen and oxygen atoms in total. The number of hydrogen-bond acceptors (Lipinski definition) is 8. The second-order valence-electron chi connectivity index (χ2n) is 8.42. The molecule has 1 saturated heterocycles. The zero-order valence-corrected chi connectivity index (χ0v) is 18.9. The number of carbonyl (C=O) groups is 2. The van der Waals surface area contributed by atoms with E-state index >= 15 is 0 Å². The quantitative estimate of drug-likeness (QED) is 0.528. The lowest BCUT2D eigenvalue weighted by Crippen LogP contribution is -2.32. The van der Waals surface area contributed by atoms with Crippen LogP contribution in [0, 0.1) is 0 Å². The molecule has 3 N–H and O–H groups in total.